The van der Waals surface area contributed by atoms with Crippen LogP contribution in [-0.4, -0.2) is 55.5 Å². The number of rotatable bonds is 5. The fourth-order valence-corrected chi connectivity index (χ4v) is 3.23. The van der Waals surface area contributed by atoms with Crippen molar-refractivity contribution in [3.05, 3.63) is 35.9 Å². The number of amides is 1. The van der Waals surface area contributed by atoms with E-state index in [0.29, 0.717) is 18.5 Å². The number of nitrogens with two attached hydrogens (primary N) is 1. The molecular formula is C17H27N3O. The van der Waals surface area contributed by atoms with Gasteiger partial charge in [0.15, 0.2) is 0 Å². The molecule has 2 rings (SSSR count). The van der Waals surface area contributed by atoms with E-state index in [-0.39, 0.29) is 11.8 Å². The van der Waals surface area contributed by atoms with Crippen molar-refractivity contribution >= 4 is 5.91 Å². The second-order valence-corrected chi connectivity index (χ2v) is 6.37. The molecule has 0 bridgehead atoms. The van der Waals surface area contributed by atoms with Crippen LogP contribution in [-0.2, 0) is 11.2 Å². The number of nitrogens with zero attached hydrogens (tertiary/aromatic N) is 2. The number of carbonyl (C=O) groups excluding carboxylic acids is 1. The van der Waals surface area contributed by atoms with Gasteiger partial charge in [-0.25, -0.2) is 0 Å². The molecule has 0 saturated carbocycles. The maximum atomic E-state index is 12.7. The summed E-state index contributed by atoms with van der Waals surface area (Å²) in [7, 11) is 4.17. The monoisotopic (exact) mass is 289 g/mol. The Kier molecular flexibility index (Phi) is 5.37. The molecule has 1 fully saturated rings. The van der Waals surface area contributed by atoms with Gasteiger partial charge in [0.25, 0.3) is 0 Å². The number of hydrogen-bond acceptors (Lipinski definition) is 3. The van der Waals surface area contributed by atoms with Crippen LogP contribution in [0.25, 0.3) is 0 Å². The predicted octanol–water partition coefficient (Wildman–Crippen LogP) is 1.21. The molecule has 1 aromatic rings. The van der Waals surface area contributed by atoms with Crippen molar-refractivity contribution in [1.82, 2.24) is 9.80 Å². The SMILES string of the molecule is CC1CN(C(=O)C(CN)Cc2ccccc2)CC1N(C)C. The minimum atomic E-state index is -0.111. The molecule has 0 radical (unpaired) electrons. The zero-order chi connectivity index (χ0) is 15.4. The lowest BCUT2D eigenvalue weighted by atomic mass is 9.98. The van der Waals surface area contributed by atoms with Gasteiger partial charge in [0.05, 0.1) is 5.92 Å². The quantitative estimate of drug-likeness (QED) is 0.886. The normalized spacial score (nSPS) is 23.6. The van der Waals surface area contributed by atoms with Gasteiger partial charge in [-0.3, -0.25) is 4.79 Å². The van der Waals surface area contributed by atoms with E-state index in [2.05, 4.69) is 38.1 Å². The number of likely N-dealkylation sites (N-methyl/N-ethyl adjacent to an activating group) is 1. The summed E-state index contributed by atoms with van der Waals surface area (Å²) in [5.74, 6) is 0.608. The van der Waals surface area contributed by atoms with Crippen LogP contribution >= 0.6 is 0 Å². The van der Waals surface area contributed by atoms with Gasteiger partial charge in [-0.05, 0) is 32.0 Å². The lowest BCUT2D eigenvalue weighted by Crippen LogP contribution is -2.40. The first kappa shape index (κ1) is 16.0. The summed E-state index contributed by atoms with van der Waals surface area (Å²) < 4.78 is 0. The highest BCUT2D eigenvalue weighted by molar-refractivity contribution is 5.79. The molecule has 1 saturated heterocycles. The molecule has 3 atom stereocenters. The summed E-state index contributed by atoms with van der Waals surface area (Å²) in [5, 5.41) is 0. The number of carbonyl (C=O) groups is 1. The van der Waals surface area contributed by atoms with Gasteiger partial charge in [-0.15, -0.1) is 0 Å². The molecule has 4 nitrogen and oxygen atoms in total. The van der Waals surface area contributed by atoms with Crippen molar-refractivity contribution in [3.8, 4) is 0 Å². The van der Waals surface area contributed by atoms with Gasteiger partial charge in [-0.1, -0.05) is 37.3 Å². The number of benzene rings is 1. The Labute approximate surface area is 127 Å². The van der Waals surface area contributed by atoms with Gasteiger partial charge in [-0.2, -0.15) is 0 Å². The Balaban J connectivity index is 2.01. The standard InChI is InChI=1S/C17H27N3O/c1-13-11-20(12-16(13)19(2)3)17(21)15(10-18)9-14-7-5-4-6-8-14/h4-8,13,15-16H,9-12,18H2,1-3H3. The fourth-order valence-electron chi connectivity index (χ4n) is 3.23. The smallest absolute Gasteiger partial charge is 0.227 e. The summed E-state index contributed by atoms with van der Waals surface area (Å²) in [6.45, 7) is 4.28. The first-order valence-electron chi connectivity index (χ1n) is 7.72. The molecule has 4 heteroatoms. The fraction of sp³-hybridized carbons (Fsp3) is 0.588. The maximum Gasteiger partial charge on any atom is 0.227 e. The molecule has 1 aliphatic rings. The molecule has 0 aliphatic carbocycles. The molecule has 0 spiro atoms. The van der Waals surface area contributed by atoms with E-state index in [9.17, 15) is 4.79 Å². The topological polar surface area (TPSA) is 49.6 Å². The minimum Gasteiger partial charge on any atom is -0.340 e. The van der Waals surface area contributed by atoms with Crippen LogP contribution in [0.4, 0.5) is 0 Å². The molecule has 1 heterocycles. The third-order valence-corrected chi connectivity index (χ3v) is 4.51. The van der Waals surface area contributed by atoms with Crippen molar-refractivity contribution in [2.75, 3.05) is 33.7 Å². The molecule has 21 heavy (non-hydrogen) atoms. The van der Waals surface area contributed by atoms with Crippen LogP contribution < -0.4 is 5.73 Å². The number of likely N-dealkylation sites (tertiary alicyclic amines) is 1. The molecule has 1 amide bonds. The molecule has 1 aliphatic heterocycles. The minimum absolute atomic E-state index is 0.111. The van der Waals surface area contributed by atoms with Crippen LogP contribution in [0, 0.1) is 11.8 Å². The molecule has 1 aromatic carbocycles. The van der Waals surface area contributed by atoms with Gasteiger partial charge < -0.3 is 15.5 Å². The Hall–Kier alpha value is -1.39. The van der Waals surface area contributed by atoms with Crippen molar-refractivity contribution < 1.29 is 4.79 Å². The lowest BCUT2D eigenvalue weighted by Gasteiger charge is -2.24. The van der Waals surface area contributed by atoms with Crippen LogP contribution in [0.1, 0.15) is 12.5 Å². The average molecular weight is 289 g/mol. The summed E-state index contributed by atoms with van der Waals surface area (Å²) >= 11 is 0. The van der Waals surface area contributed by atoms with Crippen LogP contribution in [0.3, 0.4) is 0 Å². The molecular weight excluding hydrogens is 262 g/mol. The summed E-state index contributed by atoms with van der Waals surface area (Å²) in [5.41, 5.74) is 7.04. The van der Waals surface area contributed by atoms with E-state index in [4.69, 9.17) is 5.73 Å². The molecule has 116 valence electrons. The summed E-state index contributed by atoms with van der Waals surface area (Å²) in [4.78, 5) is 16.9. The van der Waals surface area contributed by atoms with E-state index in [1.54, 1.807) is 0 Å². The second-order valence-electron chi connectivity index (χ2n) is 6.37. The van der Waals surface area contributed by atoms with E-state index in [1.165, 1.54) is 5.56 Å². The Morgan fingerprint density at radius 2 is 2.00 bits per heavy atom. The molecule has 3 unspecified atom stereocenters. The van der Waals surface area contributed by atoms with Gasteiger partial charge in [0, 0.05) is 25.7 Å². The van der Waals surface area contributed by atoms with E-state index >= 15 is 0 Å². The van der Waals surface area contributed by atoms with Gasteiger partial charge >= 0.3 is 0 Å². The van der Waals surface area contributed by atoms with Crippen molar-refractivity contribution in [2.24, 2.45) is 17.6 Å². The zero-order valence-electron chi connectivity index (χ0n) is 13.3. The van der Waals surface area contributed by atoms with E-state index < -0.39 is 0 Å². The van der Waals surface area contributed by atoms with Crippen molar-refractivity contribution in [1.29, 1.82) is 0 Å². The van der Waals surface area contributed by atoms with Crippen molar-refractivity contribution in [2.45, 2.75) is 19.4 Å². The highest BCUT2D eigenvalue weighted by atomic mass is 16.2. The Bertz CT molecular complexity index is 460. The maximum absolute atomic E-state index is 12.7. The largest absolute Gasteiger partial charge is 0.340 e. The van der Waals surface area contributed by atoms with Crippen LogP contribution in [0.15, 0.2) is 30.3 Å². The first-order chi connectivity index (χ1) is 10.0. The van der Waals surface area contributed by atoms with E-state index in [0.717, 1.165) is 19.5 Å². The highest BCUT2D eigenvalue weighted by Gasteiger charge is 2.35. The molecule has 0 aromatic heterocycles. The Morgan fingerprint density at radius 3 is 2.52 bits per heavy atom. The van der Waals surface area contributed by atoms with Gasteiger partial charge in [0.2, 0.25) is 5.91 Å². The summed E-state index contributed by atoms with van der Waals surface area (Å²) in [6.07, 6.45) is 0.730. The number of hydrogen-bond donors (Lipinski definition) is 1. The third-order valence-electron chi connectivity index (χ3n) is 4.51. The van der Waals surface area contributed by atoms with E-state index in [1.807, 2.05) is 23.1 Å². The van der Waals surface area contributed by atoms with Crippen molar-refractivity contribution in [3.63, 3.8) is 0 Å². The Morgan fingerprint density at radius 1 is 1.33 bits per heavy atom. The first-order valence-corrected chi connectivity index (χ1v) is 7.72. The summed E-state index contributed by atoms with van der Waals surface area (Å²) in [6, 6.07) is 10.6. The second kappa shape index (κ2) is 7.05. The third kappa shape index (κ3) is 3.83. The van der Waals surface area contributed by atoms with Crippen LogP contribution in [0.5, 0.6) is 0 Å². The lowest BCUT2D eigenvalue weighted by molar-refractivity contribution is -0.134. The predicted molar refractivity (Wildman–Crippen MR) is 85.9 cm³/mol. The van der Waals surface area contributed by atoms with Crippen LogP contribution in [0.2, 0.25) is 0 Å². The average Bonchev–Trinajstić information content (AvgIpc) is 2.87. The molecule has 2 N–H and O–H groups in total. The van der Waals surface area contributed by atoms with Gasteiger partial charge in [0.1, 0.15) is 0 Å². The highest BCUT2D eigenvalue weighted by Crippen LogP contribution is 2.22. The zero-order valence-corrected chi connectivity index (χ0v) is 13.3.